The van der Waals surface area contributed by atoms with Crippen LogP contribution in [0.3, 0.4) is 0 Å². The van der Waals surface area contributed by atoms with Crippen LogP contribution in [0.25, 0.3) is 0 Å². The van der Waals surface area contributed by atoms with E-state index in [2.05, 4.69) is 10.2 Å². The molecule has 1 aliphatic rings. The molecule has 26 heavy (non-hydrogen) atoms. The van der Waals surface area contributed by atoms with Gasteiger partial charge in [0, 0.05) is 31.2 Å². The van der Waals surface area contributed by atoms with Gasteiger partial charge in [-0.1, -0.05) is 29.3 Å². The summed E-state index contributed by atoms with van der Waals surface area (Å²) in [6, 6.07) is 11.1. The Balaban J connectivity index is 1.63. The summed E-state index contributed by atoms with van der Waals surface area (Å²) in [5.41, 5.74) is 2.68. The van der Waals surface area contributed by atoms with E-state index in [4.69, 9.17) is 27.9 Å². The standard InChI is InChI=1S/C19H21Cl2N3O2/c1-13-3-6-18(26-2)16(11-13)22-19(25)24-9-7-23(8-10-24)17-5-4-14(20)12-15(17)21/h3-6,11-12H,7-10H2,1-2H3,(H,22,25). The first-order valence-corrected chi connectivity index (χ1v) is 9.14. The smallest absolute Gasteiger partial charge is 0.322 e. The number of carbonyl (C=O) groups excluding carboxylic acids is 1. The number of hydrogen-bond acceptors (Lipinski definition) is 3. The number of anilines is 2. The molecule has 0 bridgehead atoms. The van der Waals surface area contributed by atoms with Crippen LogP contribution in [-0.2, 0) is 0 Å². The van der Waals surface area contributed by atoms with Gasteiger partial charge < -0.3 is 19.9 Å². The Morgan fingerprint density at radius 3 is 2.46 bits per heavy atom. The molecule has 1 N–H and O–H groups in total. The number of nitrogens with one attached hydrogen (secondary N) is 1. The molecule has 138 valence electrons. The van der Waals surface area contributed by atoms with Gasteiger partial charge in [0.15, 0.2) is 0 Å². The second-order valence-corrected chi connectivity index (χ2v) is 7.05. The van der Waals surface area contributed by atoms with Crippen molar-refractivity contribution in [3.05, 3.63) is 52.0 Å². The molecule has 0 spiro atoms. The number of rotatable bonds is 3. The summed E-state index contributed by atoms with van der Waals surface area (Å²) in [6.07, 6.45) is 0. The van der Waals surface area contributed by atoms with Crippen molar-refractivity contribution in [2.45, 2.75) is 6.92 Å². The van der Waals surface area contributed by atoms with Crippen LogP contribution in [0.5, 0.6) is 5.75 Å². The van der Waals surface area contributed by atoms with Crippen molar-refractivity contribution in [2.75, 3.05) is 43.5 Å². The fourth-order valence-corrected chi connectivity index (χ4v) is 3.53. The molecule has 0 atom stereocenters. The van der Waals surface area contributed by atoms with Crippen molar-refractivity contribution in [2.24, 2.45) is 0 Å². The quantitative estimate of drug-likeness (QED) is 0.823. The first-order chi connectivity index (χ1) is 12.5. The SMILES string of the molecule is COc1ccc(C)cc1NC(=O)N1CCN(c2ccc(Cl)cc2Cl)CC1. The molecule has 0 aromatic heterocycles. The number of halogens is 2. The number of hydrogen-bond donors (Lipinski definition) is 1. The van der Waals surface area contributed by atoms with Crippen molar-refractivity contribution >= 4 is 40.6 Å². The molecule has 1 fully saturated rings. The lowest BCUT2D eigenvalue weighted by molar-refractivity contribution is 0.208. The number of aryl methyl sites for hydroxylation is 1. The van der Waals surface area contributed by atoms with Gasteiger partial charge in [-0.25, -0.2) is 4.79 Å². The minimum atomic E-state index is -0.129. The first kappa shape index (κ1) is 18.7. The number of piperazine rings is 1. The van der Waals surface area contributed by atoms with Crippen molar-refractivity contribution < 1.29 is 9.53 Å². The molecule has 0 saturated carbocycles. The summed E-state index contributed by atoms with van der Waals surface area (Å²) < 4.78 is 5.32. The molecule has 0 aliphatic carbocycles. The zero-order valence-electron chi connectivity index (χ0n) is 14.8. The van der Waals surface area contributed by atoms with Crippen LogP contribution in [0, 0.1) is 6.92 Å². The molecule has 0 unspecified atom stereocenters. The van der Waals surface area contributed by atoms with Crippen molar-refractivity contribution in [1.82, 2.24) is 4.90 Å². The highest BCUT2D eigenvalue weighted by atomic mass is 35.5. The molecular formula is C19H21Cl2N3O2. The molecule has 1 heterocycles. The Labute approximate surface area is 163 Å². The van der Waals surface area contributed by atoms with Crippen LogP contribution in [0.2, 0.25) is 10.0 Å². The molecular weight excluding hydrogens is 373 g/mol. The summed E-state index contributed by atoms with van der Waals surface area (Å²) in [6.45, 7) is 4.61. The van der Waals surface area contributed by atoms with E-state index in [9.17, 15) is 4.79 Å². The maximum atomic E-state index is 12.6. The number of urea groups is 1. The Morgan fingerprint density at radius 1 is 1.08 bits per heavy atom. The number of ether oxygens (including phenoxy) is 1. The second kappa shape index (κ2) is 8.06. The van der Waals surface area contributed by atoms with Crippen LogP contribution in [0.15, 0.2) is 36.4 Å². The van der Waals surface area contributed by atoms with Gasteiger partial charge in [-0.2, -0.15) is 0 Å². The van der Waals surface area contributed by atoms with E-state index >= 15 is 0 Å². The van der Waals surface area contributed by atoms with E-state index in [1.807, 2.05) is 37.3 Å². The summed E-state index contributed by atoms with van der Waals surface area (Å²) in [4.78, 5) is 16.6. The number of carbonyl (C=O) groups is 1. The van der Waals surface area contributed by atoms with Crippen molar-refractivity contribution in [3.8, 4) is 5.75 Å². The highest BCUT2D eigenvalue weighted by Gasteiger charge is 2.23. The monoisotopic (exact) mass is 393 g/mol. The fraction of sp³-hybridized carbons (Fsp3) is 0.316. The maximum Gasteiger partial charge on any atom is 0.322 e. The third-order valence-corrected chi connectivity index (χ3v) is 4.95. The van der Waals surface area contributed by atoms with E-state index in [1.165, 1.54) is 0 Å². The Morgan fingerprint density at radius 2 is 1.81 bits per heavy atom. The predicted octanol–water partition coefficient (Wildman–Crippen LogP) is 4.66. The lowest BCUT2D eigenvalue weighted by Gasteiger charge is -2.36. The molecule has 0 radical (unpaired) electrons. The van der Waals surface area contributed by atoms with Crippen LogP contribution in [-0.4, -0.2) is 44.2 Å². The van der Waals surface area contributed by atoms with E-state index in [0.717, 1.165) is 11.3 Å². The Bertz CT molecular complexity index is 805. The van der Waals surface area contributed by atoms with Gasteiger partial charge in [-0.3, -0.25) is 0 Å². The zero-order chi connectivity index (χ0) is 18.7. The number of amides is 2. The summed E-state index contributed by atoms with van der Waals surface area (Å²) in [5.74, 6) is 0.649. The lowest BCUT2D eigenvalue weighted by Crippen LogP contribution is -2.50. The van der Waals surface area contributed by atoms with E-state index in [1.54, 1.807) is 18.1 Å². The first-order valence-electron chi connectivity index (χ1n) is 8.38. The summed E-state index contributed by atoms with van der Waals surface area (Å²) >= 11 is 12.2. The van der Waals surface area contributed by atoms with Crippen molar-refractivity contribution in [3.63, 3.8) is 0 Å². The zero-order valence-corrected chi connectivity index (χ0v) is 16.3. The highest BCUT2D eigenvalue weighted by Crippen LogP contribution is 2.30. The molecule has 7 heteroatoms. The van der Waals surface area contributed by atoms with Crippen LogP contribution in [0.4, 0.5) is 16.2 Å². The summed E-state index contributed by atoms with van der Waals surface area (Å²) in [7, 11) is 1.59. The largest absolute Gasteiger partial charge is 0.495 e. The fourth-order valence-electron chi connectivity index (χ4n) is 3.00. The molecule has 3 rings (SSSR count). The molecule has 2 aromatic carbocycles. The topological polar surface area (TPSA) is 44.8 Å². The lowest BCUT2D eigenvalue weighted by atomic mass is 10.2. The second-order valence-electron chi connectivity index (χ2n) is 6.20. The van der Waals surface area contributed by atoms with Gasteiger partial charge in [-0.15, -0.1) is 0 Å². The average molecular weight is 394 g/mol. The molecule has 2 amide bonds. The van der Waals surface area contributed by atoms with Crippen molar-refractivity contribution in [1.29, 1.82) is 0 Å². The number of methoxy groups -OCH3 is 1. The van der Waals surface area contributed by atoms with Gasteiger partial charge in [0.05, 0.1) is 23.5 Å². The molecule has 2 aromatic rings. The van der Waals surface area contributed by atoms with Crippen LogP contribution >= 0.6 is 23.2 Å². The Kier molecular flexibility index (Phi) is 5.79. The third-order valence-electron chi connectivity index (χ3n) is 4.41. The third kappa shape index (κ3) is 4.17. The predicted molar refractivity (Wildman–Crippen MR) is 107 cm³/mol. The normalized spacial score (nSPS) is 14.3. The minimum Gasteiger partial charge on any atom is -0.495 e. The van der Waals surface area contributed by atoms with E-state index in [-0.39, 0.29) is 6.03 Å². The number of benzene rings is 2. The number of nitrogens with zero attached hydrogens (tertiary/aromatic N) is 2. The van der Waals surface area contributed by atoms with Gasteiger partial charge in [0.1, 0.15) is 5.75 Å². The van der Waals surface area contributed by atoms with Crippen LogP contribution < -0.4 is 15.0 Å². The molecule has 5 nitrogen and oxygen atoms in total. The maximum absolute atomic E-state index is 12.6. The average Bonchev–Trinajstić information content (AvgIpc) is 2.62. The van der Waals surface area contributed by atoms with Gasteiger partial charge in [0.2, 0.25) is 0 Å². The van der Waals surface area contributed by atoms with Gasteiger partial charge >= 0.3 is 6.03 Å². The van der Waals surface area contributed by atoms with Gasteiger partial charge in [-0.05, 0) is 42.8 Å². The van der Waals surface area contributed by atoms with Gasteiger partial charge in [0.25, 0.3) is 0 Å². The molecule has 1 saturated heterocycles. The van der Waals surface area contributed by atoms with E-state index < -0.39 is 0 Å². The Hall–Kier alpha value is -2.11. The molecule has 1 aliphatic heterocycles. The summed E-state index contributed by atoms with van der Waals surface area (Å²) in [5, 5.41) is 4.19. The highest BCUT2D eigenvalue weighted by molar-refractivity contribution is 6.36. The van der Waals surface area contributed by atoms with Crippen LogP contribution in [0.1, 0.15) is 5.56 Å². The minimum absolute atomic E-state index is 0.129. The van der Waals surface area contributed by atoms with E-state index in [0.29, 0.717) is 47.7 Å².